The van der Waals surface area contributed by atoms with Crippen LogP contribution < -0.4 is 10.0 Å². The van der Waals surface area contributed by atoms with E-state index in [9.17, 15) is 13.2 Å². The molecule has 0 saturated heterocycles. The summed E-state index contributed by atoms with van der Waals surface area (Å²) in [7, 11) is -3.77. The molecule has 6 nitrogen and oxygen atoms in total. The van der Waals surface area contributed by atoms with Crippen molar-refractivity contribution in [3.05, 3.63) is 65.2 Å². The van der Waals surface area contributed by atoms with E-state index in [1.165, 1.54) is 30.4 Å². The van der Waals surface area contributed by atoms with Crippen LogP contribution in [0.5, 0.6) is 0 Å². The van der Waals surface area contributed by atoms with Crippen molar-refractivity contribution >= 4 is 39.3 Å². The zero-order valence-corrected chi connectivity index (χ0v) is 15.2. The average Bonchev–Trinajstić information content (AvgIpc) is 2.63. The molecule has 0 heterocycles. The number of nitriles is 1. The fourth-order valence-corrected chi connectivity index (χ4v) is 3.32. The Balaban J connectivity index is 2.23. The minimum absolute atomic E-state index is 0.124. The molecule has 0 aliphatic carbocycles. The Morgan fingerprint density at radius 1 is 1.19 bits per heavy atom. The van der Waals surface area contributed by atoms with E-state index in [1.54, 1.807) is 30.3 Å². The molecule has 0 fully saturated rings. The van der Waals surface area contributed by atoms with Crippen LogP contribution in [0.2, 0.25) is 5.02 Å². The number of rotatable bonds is 7. The molecule has 2 N–H and O–H groups in total. The minimum Gasteiger partial charge on any atom is -0.352 e. The summed E-state index contributed by atoms with van der Waals surface area (Å²) >= 11 is 5.98. The summed E-state index contributed by atoms with van der Waals surface area (Å²) < 4.78 is 27.4. The smallest absolute Gasteiger partial charge is 0.261 e. The van der Waals surface area contributed by atoms with E-state index < -0.39 is 15.9 Å². The first-order valence-corrected chi connectivity index (χ1v) is 9.49. The Hall–Kier alpha value is -2.82. The summed E-state index contributed by atoms with van der Waals surface area (Å²) in [6.07, 6.45) is 2.92. The van der Waals surface area contributed by atoms with Crippen molar-refractivity contribution in [1.29, 1.82) is 5.26 Å². The summed E-state index contributed by atoms with van der Waals surface area (Å²) in [5.41, 5.74) is 0.728. The summed E-state index contributed by atoms with van der Waals surface area (Å²) in [6, 6.07) is 14.5. The highest BCUT2D eigenvalue weighted by atomic mass is 35.5. The molecular formula is C18H16ClN3O3S. The van der Waals surface area contributed by atoms with Gasteiger partial charge in [0, 0.05) is 23.2 Å². The van der Waals surface area contributed by atoms with Gasteiger partial charge in [-0.1, -0.05) is 29.8 Å². The number of carbonyl (C=O) groups excluding carboxylic acids is 1. The molecule has 134 valence electrons. The fourth-order valence-electron chi connectivity index (χ4n) is 2.03. The number of amides is 1. The van der Waals surface area contributed by atoms with Crippen molar-refractivity contribution in [3.63, 3.8) is 0 Å². The van der Waals surface area contributed by atoms with Crippen LogP contribution in [0, 0.1) is 11.3 Å². The van der Waals surface area contributed by atoms with Crippen LogP contribution in [0.15, 0.2) is 59.5 Å². The molecule has 0 radical (unpaired) electrons. The number of hydrogen-bond acceptors (Lipinski definition) is 4. The lowest BCUT2D eigenvalue weighted by Gasteiger charge is -2.11. The highest BCUT2D eigenvalue weighted by molar-refractivity contribution is 7.92. The van der Waals surface area contributed by atoms with Gasteiger partial charge in [0.05, 0.1) is 23.1 Å². The molecule has 8 heteroatoms. The van der Waals surface area contributed by atoms with E-state index >= 15 is 0 Å². The molecule has 0 saturated carbocycles. The maximum atomic E-state index is 12.5. The number of nitrogens with one attached hydrogen (secondary N) is 2. The third-order valence-electron chi connectivity index (χ3n) is 3.26. The maximum absolute atomic E-state index is 12.5. The van der Waals surface area contributed by atoms with Gasteiger partial charge < -0.3 is 5.32 Å². The van der Waals surface area contributed by atoms with Gasteiger partial charge in [-0.3, -0.25) is 9.52 Å². The van der Waals surface area contributed by atoms with Gasteiger partial charge in [-0.2, -0.15) is 5.26 Å². The van der Waals surface area contributed by atoms with E-state index in [2.05, 4.69) is 10.0 Å². The molecule has 26 heavy (non-hydrogen) atoms. The van der Waals surface area contributed by atoms with Crippen molar-refractivity contribution in [2.75, 3.05) is 11.3 Å². The number of anilines is 1. The van der Waals surface area contributed by atoms with E-state index in [4.69, 9.17) is 16.9 Å². The predicted molar refractivity (Wildman–Crippen MR) is 101 cm³/mol. The van der Waals surface area contributed by atoms with Crippen molar-refractivity contribution in [1.82, 2.24) is 5.32 Å². The molecule has 0 unspecified atom stereocenters. The number of sulfonamides is 1. The molecule has 2 rings (SSSR count). The van der Waals surface area contributed by atoms with Crippen LogP contribution in [0.1, 0.15) is 12.0 Å². The second kappa shape index (κ2) is 9.04. The van der Waals surface area contributed by atoms with Crippen LogP contribution in [-0.2, 0) is 14.8 Å². The molecule has 0 aromatic heterocycles. The SMILES string of the molecule is N#CCCNC(=O)/C=C/c1cc(Cl)ccc1NS(=O)(=O)c1ccccc1. The monoisotopic (exact) mass is 389 g/mol. The number of hydrogen-bond donors (Lipinski definition) is 2. The predicted octanol–water partition coefficient (Wildman–Crippen LogP) is 3.18. The second-order valence-electron chi connectivity index (χ2n) is 5.18. The van der Waals surface area contributed by atoms with Gasteiger partial charge in [0.2, 0.25) is 5.91 Å². The summed E-state index contributed by atoms with van der Waals surface area (Å²) in [4.78, 5) is 11.8. The molecule has 2 aromatic rings. The first-order valence-electron chi connectivity index (χ1n) is 7.62. The Labute approximate surface area is 157 Å². The lowest BCUT2D eigenvalue weighted by Crippen LogP contribution is -2.21. The quantitative estimate of drug-likeness (QED) is 0.561. The second-order valence-corrected chi connectivity index (χ2v) is 7.30. The van der Waals surface area contributed by atoms with E-state index in [0.717, 1.165) is 0 Å². The minimum atomic E-state index is -3.77. The highest BCUT2D eigenvalue weighted by Crippen LogP contribution is 2.24. The molecular weight excluding hydrogens is 374 g/mol. The molecule has 0 aliphatic heterocycles. The third-order valence-corrected chi connectivity index (χ3v) is 4.88. The largest absolute Gasteiger partial charge is 0.352 e. The van der Waals surface area contributed by atoms with Gasteiger partial charge >= 0.3 is 0 Å². The fraction of sp³-hybridized carbons (Fsp3) is 0.111. The third kappa shape index (κ3) is 5.62. The van der Waals surface area contributed by atoms with Crippen LogP contribution in [0.3, 0.4) is 0 Å². The van der Waals surface area contributed by atoms with Gasteiger partial charge in [-0.15, -0.1) is 0 Å². The number of halogens is 1. The van der Waals surface area contributed by atoms with E-state index in [0.29, 0.717) is 16.3 Å². The van der Waals surface area contributed by atoms with E-state index in [1.807, 2.05) is 6.07 Å². The number of carbonyl (C=O) groups is 1. The van der Waals surface area contributed by atoms with Gasteiger partial charge in [0.25, 0.3) is 10.0 Å². The molecule has 1 amide bonds. The van der Waals surface area contributed by atoms with Gasteiger partial charge in [0.15, 0.2) is 0 Å². The Bertz CT molecular complexity index is 951. The Kier molecular flexibility index (Phi) is 6.78. The summed E-state index contributed by atoms with van der Waals surface area (Å²) in [5.74, 6) is -0.392. The van der Waals surface area contributed by atoms with Crippen molar-refractivity contribution < 1.29 is 13.2 Å². The van der Waals surface area contributed by atoms with Gasteiger partial charge in [-0.25, -0.2) is 8.42 Å². The number of benzene rings is 2. The topological polar surface area (TPSA) is 99.1 Å². The average molecular weight is 390 g/mol. The summed E-state index contributed by atoms with van der Waals surface area (Å²) in [5, 5.41) is 11.4. The maximum Gasteiger partial charge on any atom is 0.261 e. The zero-order chi connectivity index (χ0) is 19.0. The van der Waals surface area contributed by atoms with Crippen LogP contribution in [-0.4, -0.2) is 20.9 Å². The van der Waals surface area contributed by atoms with Crippen LogP contribution >= 0.6 is 11.6 Å². The molecule has 0 atom stereocenters. The van der Waals surface area contributed by atoms with Gasteiger partial charge in [0.1, 0.15) is 0 Å². The molecule has 0 spiro atoms. The molecule has 0 aliphatic rings. The normalized spacial score (nSPS) is 11.1. The van der Waals surface area contributed by atoms with Crippen molar-refractivity contribution in [2.45, 2.75) is 11.3 Å². The molecule has 0 bridgehead atoms. The zero-order valence-electron chi connectivity index (χ0n) is 13.6. The standard InChI is InChI=1S/C18H16ClN3O3S/c19-15-8-9-17(22-26(24,25)16-5-2-1-3-6-16)14(13-15)7-10-18(23)21-12-4-11-20/h1-3,5-10,13,22H,4,12H2,(H,21,23)/b10-7+. The highest BCUT2D eigenvalue weighted by Gasteiger charge is 2.15. The summed E-state index contributed by atoms with van der Waals surface area (Å²) in [6.45, 7) is 0.239. The Morgan fingerprint density at radius 2 is 1.92 bits per heavy atom. The lowest BCUT2D eigenvalue weighted by atomic mass is 10.1. The molecule has 2 aromatic carbocycles. The van der Waals surface area contributed by atoms with E-state index in [-0.39, 0.29) is 17.9 Å². The first-order chi connectivity index (χ1) is 12.4. The first kappa shape index (κ1) is 19.5. The van der Waals surface area contributed by atoms with Crippen molar-refractivity contribution in [3.8, 4) is 6.07 Å². The van der Waals surface area contributed by atoms with Crippen LogP contribution in [0.25, 0.3) is 6.08 Å². The number of nitrogens with zero attached hydrogens (tertiary/aromatic N) is 1. The van der Waals surface area contributed by atoms with Crippen molar-refractivity contribution in [2.24, 2.45) is 0 Å². The van der Waals surface area contributed by atoms with Gasteiger partial charge in [-0.05, 0) is 36.4 Å². The Morgan fingerprint density at radius 3 is 2.62 bits per heavy atom. The van der Waals surface area contributed by atoms with Crippen LogP contribution in [0.4, 0.5) is 5.69 Å². The lowest BCUT2D eigenvalue weighted by molar-refractivity contribution is -0.116.